The molecule has 0 spiro atoms. The summed E-state index contributed by atoms with van der Waals surface area (Å²) in [6.45, 7) is 1.59. The minimum absolute atomic E-state index is 0.0930. The summed E-state index contributed by atoms with van der Waals surface area (Å²) in [7, 11) is 0. The summed E-state index contributed by atoms with van der Waals surface area (Å²) in [5.74, 6) is -3.28. The zero-order valence-corrected chi connectivity index (χ0v) is 17.6. The van der Waals surface area contributed by atoms with E-state index in [-0.39, 0.29) is 17.5 Å². The molecule has 0 fully saturated rings. The van der Waals surface area contributed by atoms with Crippen molar-refractivity contribution in [2.24, 2.45) is 5.92 Å². The van der Waals surface area contributed by atoms with Gasteiger partial charge in [0.15, 0.2) is 0 Å². The van der Waals surface area contributed by atoms with Crippen LogP contribution < -0.4 is 5.32 Å². The van der Waals surface area contributed by atoms with Crippen molar-refractivity contribution < 1.29 is 24.6 Å². The first kappa shape index (κ1) is 22.7. The highest BCUT2D eigenvalue weighted by molar-refractivity contribution is 5.97. The van der Waals surface area contributed by atoms with Crippen LogP contribution in [0.25, 0.3) is 11.1 Å². The van der Waals surface area contributed by atoms with Crippen LogP contribution in [-0.4, -0.2) is 39.1 Å². The van der Waals surface area contributed by atoms with Gasteiger partial charge in [0.05, 0.1) is 17.0 Å². The van der Waals surface area contributed by atoms with Gasteiger partial charge in [0.1, 0.15) is 0 Å². The summed E-state index contributed by atoms with van der Waals surface area (Å²) in [6, 6.07) is 18.6. The fraction of sp³-hybridized carbons (Fsp3) is 0.200. The van der Waals surface area contributed by atoms with E-state index in [0.29, 0.717) is 6.42 Å². The number of nitrogens with zero attached hydrogens (tertiary/aromatic N) is 1. The standard InChI is InChI=1S/C25H24N2O5/c1-16(24(29)30)11-22(27-23(28)20-13-21(25(31)32)15-26-14-20)12-17-7-9-19(10-8-17)18-5-3-2-4-6-18/h2-10,13-16,22H,11-12H2,1H3,(H,27,28)(H,29,30)(H,31,32). The van der Waals surface area contributed by atoms with Crippen LogP contribution in [0.4, 0.5) is 0 Å². The molecule has 0 saturated carbocycles. The van der Waals surface area contributed by atoms with Gasteiger partial charge in [0.25, 0.3) is 5.91 Å². The summed E-state index contributed by atoms with van der Waals surface area (Å²) in [6.07, 6.45) is 3.11. The lowest BCUT2D eigenvalue weighted by molar-refractivity contribution is -0.141. The van der Waals surface area contributed by atoms with Crippen LogP contribution in [0.3, 0.4) is 0 Å². The highest BCUT2D eigenvalue weighted by Crippen LogP contribution is 2.21. The van der Waals surface area contributed by atoms with Crippen LogP contribution in [-0.2, 0) is 11.2 Å². The Morgan fingerprint density at radius 2 is 1.53 bits per heavy atom. The summed E-state index contributed by atoms with van der Waals surface area (Å²) >= 11 is 0. The Morgan fingerprint density at radius 3 is 2.16 bits per heavy atom. The number of carbonyl (C=O) groups excluding carboxylic acids is 1. The third kappa shape index (κ3) is 6.01. The Balaban J connectivity index is 1.77. The molecule has 0 aliphatic rings. The molecule has 3 rings (SSSR count). The molecular formula is C25H24N2O5. The molecule has 1 heterocycles. The molecule has 0 radical (unpaired) electrons. The second kappa shape index (κ2) is 10.3. The molecule has 0 aliphatic heterocycles. The Hall–Kier alpha value is -4.00. The molecule has 3 N–H and O–H groups in total. The van der Waals surface area contributed by atoms with Gasteiger partial charge in [-0.2, -0.15) is 0 Å². The number of benzene rings is 2. The van der Waals surface area contributed by atoms with E-state index in [1.807, 2.05) is 54.6 Å². The fourth-order valence-corrected chi connectivity index (χ4v) is 3.42. The number of hydrogen-bond donors (Lipinski definition) is 3. The highest BCUT2D eigenvalue weighted by atomic mass is 16.4. The zero-order valence-electron chi connectivity index (χ0n) is 17.6. The highest BCUT2D eigenvalue weighted by Gasteiger charge is 2.22. The molecule has 2 atom stereocenters. The first-order chi connectivity index (χ1) is 15.3. The van der Waals surface area contributed by atoms with E-state index < -0.39 is 29.8 Å². The maximum absolute atomic E-state index is 12.7. The predicted molar refractivity (Wildman–Crippen MR) is 119 cm³/mol. The molecule has 1 amide bonds. The minimum atomic E-state index is -1.18. The molecule has 0 saturated heterocycles. The van der Waals surface area contributed by atoms with Gasteiger partial charge in [-0.25, -0.2) is 4.79 Å². The molecule has 2 unspecified atom stereocenters. The molecule has 0 aliphatic carbocycles. The van der Waals surface area contributed by atoms with Gasteiger partial charge in [-0.15, -0.1) is 0 Å². The van der Waals surface area contributed by atoms with Crippen molar-refractivity contribution in [3.63, 3.8) is 0 Å². The van der Waals surface area contributed by atoms with Crippen LogP contribution in [0.15, 0.2) is 73.1 Å². The summed E-state index contributed by atoms with van der Waals surface area (Å²) in [5, 5.41) is 21.3. The fourth-order valence-electron chi connectivity index (χ4n) is 3.42. The van der Waals surface area contributed by atoms with Crippen molar-refractivity contribution in [2.75, 3.05) is 0 Å². The lowest BCUT2D eigenvalue weighted by Gasteiger charge is -2.21. The van der Waals surface area contributed by atoms with Crippen molar-refractivity contribution in [1.29, 1.82) is 0 Å². The SMILES string of the molecule is CC(CC(Cc1ccc(-c2ccccc2)cc1)NC(=O)c1cncc(C(=O)O)c1)C(=O)O. The third-order valence-corrected chi connectivity index (χ3v) is 5.19. The lowest BCUT2D eigenvalue weighted by atomic mass is 9.94. The smallest absolute Gasteiger partial charge is 0.337 e. The van der Waals surface area contributed by atoms with Gasteiger partial charge in [-0.1, -0.05) is 61.5 Å². The Bertz CT molecular complexity index is 1100. The quantitative estimate of drug-likeness (QED) is 0.472. The monoisotopic (exact) mass is 432 g/mol. The van der Waals surface area contributed by atoms with Crippen LogP contribution in [0.2, 0.25) is 0 Å². The van der Waals surface area contributed by atoms with E-state index >= 15 is 0 Å². The van der Waals surface area contributed by atoms with Gasteiger partial charge in [-0.05, 0) is 35.6 Å². The van der Waals surface area contributed by atoms with Gasteiger partial charge >= 0.3 is 11.9 Å². The van der Waals surface area contributed by atoms with Crippen LogP contribution in [0.1, 0.15) is 39.6 Å². The number of hydrogen-bond acceptors (Lipinski definition) is 4. The van der Waals surface area contributed by atoms with Crippen LogP contribution in [0.5, 0.6) is 0 Å². The third-order valence-electron chi connectivity index (χ3n) is 5.19. The van der Waals surface area contributed by atoms with Crippen LogP contribution >= 0.6 is 0 Å². The zero-order chi connectivity index (χ0) is 23.1. The predicted octanol–water partition coefficient (Wildman–Crippen LogP) is 3.90. The molecule has 0 bridgehead atoms. The normalized spacial score (nSPS) is 12.5. The molecule has 32 heavy (non-hydrogen) atoms. The number of rotatable bonds is 9. The Labute approximate surface area is 185 Å². The second-order valence-corrected chi connectivity index (χ2v) is 7.68. The molecule has 2 aromatic carbocycles. The number of carbonyl (C=O) groups is 3. The summed E-state index contributed by atoms with van der Waals surface area (Å²) < 4.78 is 0. The summed E-state index contributed by atoms with van der Waals surface area (Å²) in [5.41, 5.74) is 3.12. The average molecular weight is 432 g/mol. The number of carboxylic acid groups (broad SMARTS) is 2. The first-order valence-corrected chi connectivity index (χ1v) is 10.2. The average Bonchev–Trinajstić information content (AvgIpc) is 2.80. The van der Waals surface area contributed by atoms with Gasteiger partial charge < -0.3 is 15.5 Å². The number of aromatic carboxylic acids is 1. The van der Waals surface area contributed by atoms with E-state index in [1.165, 1.54) is 12.3 Å². The molecule has 1 aromatic heterocycles. The van der Waals surface area contributed by atoms with E-state index in [9.17, 15) is 19.5 Å². The lowest BCUT2D eigenvalue weighted by Crippen LogP contribution is -2.38. The number of aromatic nitrogens is 1. The Kier molecular flexibility index (Phi) is 7.33. The maximum Gasteiger partial charge on any atom is 0.337 e. The van der Waals surface area contributed by atoms with E-state index in [4.69, 9.17) is 5.11 Å². The minimum Gasteiger partial charge on any atom is -0.481 e. The van der Waals surface area contributed by atoms with Crippen molar-refractivity contribution in [1.82, 2.24) is 10.3 Å². The van der Waals surface area contributed by atoms with Gasteiger partial charge in [0, 0.05) is 18.4 Å². The molecule has 164 valence electrons. The summed E-state index contributed by atoms with van der Waals surface area (Å²) in [4.78, 5) is 39.1. The molecule has 7 heteroatoms. The topological polar surface area (TPSA) is 117 Å². The van der Waals surface area contributed by atoms with Gasteiger partial charge in [-0.3, -0.25) is 14.6 Å². The van der Waals surface area contributed by atoms with Crippen molar-refractivity contribution in [3.05, 3.63) is 89.7 Å². The van der Waals surface area contributed by atoms with Crippen LogP contribution in [0, 0.1) is 5.92 Å². The molecule has 3 aromatic rings. The van der Waals surface area contributed by atoms with Crippen molar-refractivity contribution >= 4 is 17.8 Å². The largest absolute Gasteiger partial charge is 0.481 e. The van der Waals surface area contributed by atoms with E-state index in [2.05, 4.69) is 10.3 Å². The number of amides is 1. The van der Waals surface area contributed by atoms with E-state index in [1.54, 1.807) is 6.92 Å². The first-order valence-electron chi connectivity index (χ1n) is 10.2. The van der Waals surface area contributed by atoms with Crippen molar-refractivity contribution in [2.45, 2.75) is 25.8 Å². The Morgan fingerprint density at radius 1 is 0.906 bits per heavy atom. The number of pyridine rings is 1. The second-order valence-electron chi connectivity index (χ2n) is 7.68. The number of aliphatic carboxylic acids is 1. The molecule has 7 nitrogen and oxygen atoms in total. The molecular weight excluding hydrogens is 408 g/mol. The maximum atomic E-state index is 12.7. The number of nitrogens with one attached hydrogen (secondary N) is 1. The van der Waals surface area contributed by atoms with Crippen molar-refractivity contribution in [3.8, 4) is 11.1 Å². The van der Waals surface area contributed by atoms with Gasteiger partial charge in [0.2, 0.25) is 0 Å². The van der Waals surface area contributed by atoms with E-state index in [0.717, 1.165) is 22.9 Å². The number of carboxylic acids is 2.